The normalized spacial score (nSPS) is 17.3. The SMILES string of the molecule is CCC1=C(C(=O)OC)[C@H](c2ccccc2F)N2C(CC(=O)NCc3cccnc3)=CSC2=N1. The maximum absolute atomic E-state index is 14.9. The number of benzene rings is 1. The highest BCUT2D eigenvalue weighted by molar-refractivity contribution is 8.16. The molecule has 2 aromatic rings. The number of amidine groups is 1. The zero-order valence-electron chi connectivity index (χ0n) is 18.2. The van der Waals surface area contributed by atoms with E-state index in [0.29, 0.717) is 35.1 Å². The van der Waals surface area contributed by atoms with Gasteiger partial charge in [-0.2, -0.15) is 0 Å². The number of allylic oxidation sites excluding steroid dienone is 1. The van der Waals surface area contributed by atoms with Crippen LogP contribution in [0, 0.1) is 5.82 Å². The molecule has 2 aliphatic rings. The van der Waals surface area contributed by atoms with Gasteiger partial charge < -0.3 is 15.0 Å². The average molecular weight is 467 g/mol. The number of nitrogens with zero attached hydrogens (tertiary/aromatic N) is 3. The predicted octanol–water partition coefficient (Wildman–Crippen LogP) is 4.07. The molecule has 0 fully saturated rings. The lowest BCUT2D eigenvalue weighted by Crippen LogP contribution is -2.38. The molecule has 170 valence electrons. The molecule has 7 nitrogen and oxygen atoms in total. The van der Waals surface area contributed by atoms with Gasteiger partial charge in [-0.1, -0.05) is 43.0 Å². The van der Waals surface area contributed by atoms with E-state index in [1.165, 1.54) is 24.9 Å². The zero-order chi connectivity index (χ0) is 23.4. The monoisotopic (exact) mass is 466 g/mol. The molecule has 0 radical (unpaired) electrons. The van der Waals surface area contributed by atoms with E-state index in [1.807, 2.05) is 18.4 Å². The Hall–Kier alpha value is -3.46. The van der Waals surface area contributed by atoms with Crippen molar-refractivity contribution >= 4 is 28.8 Å². The van der Waals surface area contributed by atoms with E-state index in [1.54, 1.807) is 41.6 Å². The predicted molar refractivity (Wildman–Crippen MR) is 124 cm³/mol. The molecule has 1 aromatic carbocycles. The molecular formula is C24H23FN4O3S. The number of hydrogen-bond acceptors (Lipinski definition) is 7. The van der Waals surface area contributed by atoms with Crippen molar-refractivity contribution in [3.63, 3.8) is 0 Å². The number of methoxy groups -OCH3 is 1. The smallest absolute Gasteiger partial charge is 0.338 e. The first-order valence-corrected chi connectivity index (χ1v) is 11.4. The van der Waals surface area contributed by atoms with Crippen molar-refractivity contribution < 1.29 is 18.7 Å². The molecule has 1 atom stereocenters. The second-order valence-corrected chi connectivity index (χ2v) is 8.27. The lowest BCUT2D eigenvalue weighted by Gasteiger charge is -2.36. The van der Waals surface area contributed by atoms with E-state index in [2.05, 4.69) is 15.3 Å². The Morgan fingerprint density at radius 2 is 2.06 bits per heavy atom. The van der Waals surface area contributed by atoms with Gasteiger partial charge in [0.15, 0.2) is 5.17 Å². The first-order valence-electron chi connectivity index (χ1n) is 10.5. The number of carbonyl (C=O) groups is 2. The summed E-state index contributed by atoms with van der Waals surface area (Å²) in [6.07, 6.45) is 3.89. The highest BCUT2D eigenvalue weighted by Gasteiger charge is 2.42. The number of halogens is 1. The van der Waals surface area contributed by atoms with Gasteiger partial charge in [0.2, 0.25) is 5.91 Å². The second kappa shape index (κ2) is 9.99. The molecule has 3 heterocycles. The van der Waals surface area contributed by atoms with Gasteiger partial charge in [-0.15, -0.1) is 0 Å². The van der Waals surface area contributed by atoms with Crippen molar-refractivity contribution in [3.8, 4) is 0 Å². The van der Waals surface area contributed by atoms with Crippen LogP contribution in [0.15, 0.2) is 76.2 Å². The van der Waals surface area contributed by atoms with Gasteiger partial charge in [-0.05, 0) is 29.5 Å². The Morgan fingerprint density at radius 1 is 1.24 bits per heavy atom. The molecule has 0 bridgehead atoms. The molecule has 0 saturated heterocycles. The quantitative estimate of drug-likeness (QED) is 0.620. The summed E-state index contributed by atoms with van der Waals surface area (Å²) in [6.45, 7) is 2.23. The van der Waals surface area contributed by atoms with Crippen LogP contribution < -0.4 is 5.32 Å². The summed E-state index contributed by atoms with van der Waals surface area (Å²) >= 11 is 1.35. The number of aromatic nitrogens is 1. The topological polar surface area (TPSA) is 83.9 Å². The summed E-state index contributed by atoms with van der Waals surface area (Å²) in [6, 6.07) is 9.21. The van der Waals surface area contributed by atoms with Gasteiger partial charge in [0, 0.05) is 30.2 Å². The van der Waals surface area contributed by atoms with E-state index in [4.69, 9.17) is 4.74 Å². The van der Waals surface area contributed by atoms with Crippen LogP contribution in [-0.4, -0.2) is 34.0 Å². The number of carbonyl (C=O) groups excluding carboxylic acids is 2. The van der Waals surface area contributed by atoms with Crippen molar-refractivity contribution in [3.05, 3.63) is 88.1 Å². The number of thioether (sulfide) groups is 1. The number of aliphatic imine (C=N–C) groups is 1. The van der Waals surface area contributed by atoms with Crippen LogP contribution in [-0.2, 0) is 20.9 Å². The molecule has 0 spiro atoms. The van der Waals surface area contributed by atoms with Crippen LogP contribution in [0.4, 0.5) is 4.39 Å². The maximum atomic E-state index is 14.9. The standard InChI is InChI=1S/C24H23FN4O3S/c1-3-19-21(23(31)32-2)22(17-8-4-5-9-18(17)25)29-16(14-33-24(29)28-19)11-20(30)27-13-15-7-6-10-26-12-15/h4-10,12,14,22H,3,11,13H2,1-2H3,(H,27,30)/t22-/m0/s1. The first kappa shape index (κ1) is 22.7. The molecule has 1 N–H and O–H groups in total. The molecule has 1 aromatic heterocycles. The summed E-state index contributed by atoms with van der Waals surface area (Å²) in [5.74, 6) is -1.22. The van der Waals surface area contributed by atoms with Crippen molar-refractivity contribution in [2.75, 3.05) is 7.11 Å². The number of esters is 1. The molecule has 4 rings (SSSR count). The second-order valence-electron chi connectivity index (χ2n) is 7.44. The van der Waals surface area contributed by atoms with E-state index in [9.17, 15) is 14.0 Å². The van der Waals surface area contributed by atoms with E-state index in [-0.39, 0.29) is 17.9 Å². The van der Waals surface area contributed by atoms with Gasteiger partial charge >= 0.3 is 5.97 Å². The lowest BCUT2D eigenvalue weighted by atomic mass is 9.92. The van der Waals surface area contributed by atoms with Crippen molar-refractivity contribution in [1.82, 2.24) is 15.2 Å². The van der Waals surface area contributed by atoms with Crippen LogP contribution in [0.5, 0.6) is 0 Å². The minimum atomic E-state index is -0.784. The Kier molecular flexibility index (Phi) is 6.88. The number of fused-ring (bicyclic) bond motifs is 1. The molecule has 1 amide bonds. The van der Waals surface area contributed by atoms with Crippen LogP contribution >= 0.6 is 11.8 Å². The third-order valence-electron chi connectivity index (χ3n) is 5.38. The van der Waals surface area contributed by atoms with Gasteiger partial charge in [-0.3, -0.25) is 9.78 Å². The van der Waals surface area contributed by atoms with Crippen LogP contribution in [0.2, 0.25) is 0 Å². The summed E-state index contributed by atoms with van der Waals surface area (Å²) < 4.78 is 20.0. The molecule has 0 saturated carbocycles. The van der Waals surface area contributed by atoms with Gasteiger partial charge in [0.25, 0.3) is 0 Å². The Morgan fingerprint density at radius 3 is 2.76 bits per heavy atom. The molecule has 0 unspecified atom stereocenters. The molecule has 2 aliphatic heterocycles. The highest BCUT2D eigenvalue weighted by Crippen LogP contribution is 2.45. The molecule has 33 heavy (non-hydrogen) atoms. The molecule has 9 heteroatoms. The lowest BCUT2D eigenvalue weighted by molar-refractivity contribution is -0.136. The number of rotatable bonds is 7. The fourth-order valence-corrected chi connectivity index (χ4v) is 4.77. The number of pyridine rings is 1. The third kappa shape index (κ3) is 4.68. The zero-order valence-corrected chi connectivity index (χ0v) is 19.1. The van der Waals surface area contributed by atoms with E-state index in [0.717, 1.165) is 5.56 Å². The van der Waals surface area contributed by atoms with Crippen LogP contribution in [0.25, 0.3) is 0 Å². The average Bonchev–Trinajstić information content (AvgIpc) is 3.24. The number of amides is 1. The van der Waals surface area contributed by atoms with Crippen molar-refractivity contribution in [2.24, 2.45) is 4.99 Å². The minimum Gasteiger partial charge on any atom is -0.466 e. The van der Waals surface area contributed by atoms with Gasteiger partial charge in [-0.25, -0.2) is 14.2 Å². The summed E-state index contributed by atoms with van der Waals surface area (Å²) in [7, 11) is 1.29. The van der Waals surface area contributed by atoms with Gasteiger partial charge in [0.1, 0.15) is 5.82 Å². The number of nitrogens with one attached hydrogen (secondary N) is 1. The Labute approximate surface area is 195 Å². The van der Waals surface area contributed by atoms with Crippen molar-refractivity contribution in [2.45, 2.75) is 32.4 Å². The third-order valence-corrected chi connectivity index (χ3v) is 6.27. The molecular weight excluding hydrogens is 443 g/mol. The van der Waals surface area contributed by atoms with Crippen molar-refractivity contribution in [1.29, 1.82) is 0 Å². The van der Waals surface area contributed by atoms with E-state index >= 15 is 0 Å². The maximum Gasteiger partial charge on any atom is 0.338 e. The minimum absolute atomic E-state index is 0.0488. The number of ether oxygens (including phenoxy) is 1. The van der Waals surface area contributed by atoms with Gasteiger partial charge in [0.05, 0.1) is 30.8 Å². The Balaban J connectivity index is 1.65. The number of hydrogen-bond donors (Lipinski definition) is 1. The van der Waals surface area contributed by atoms with Crippen LogP contribution in [0.3, 0.4) is 0 Å². The van der Waals surface area contributed by atoms with E-state index < -0.39 is 17.8 Å². The summed E-state index contributed by atoms with van der Waals surface area (Å²) in [5.41, 5.74) is 2.66. The first-order chi connectivity index (χ1) is 16.0. The summed E-state index contributed by atoms with van der Waals surface area (Å²) in [4.78, 5) is 36.0. The van der Waals surface area contributed by atoms with Crippen LogP contribution in [0.1, 0.15) is 36.9 Å². The Bertz CT molecular complexity index is 1160. The largest absolute Gasteiger partial charge is 0.466 e. The highest BCUT2D eigenvalue weighted by atomic mass is 32.2. The fraction of sp³-hybridized carbons (Fsp3) is 0.250. The fourth-order valence-electron chi connectivity index (χ4n) is 3.83. The summed E-state index contributed by atoms with van der Waals surface area (Å²) in [5, 5.41) is 5.30. The molecule has 0 aliphatic carbocycles.